The van der Waals surface area contributed by atoms with Gasteiger partial charge in [-0.1, -0.05) is 37.5 Å². The first-order chi connectivity index (χ1) is 12.8. The third-order valence-electron chi connectivity index (χ3n) is 5.53. The summed E-state index contributed by atoms with van der Waals surface area (Å²) in [5, 5.41) is 13.7. The van der Waals surface area contributed by atoms with Gasteiger partial charge in [0.2, 0.25) is 0 Å². The molecule has 1 N–H and O–H groups in total. The quantitative estimate of drug-likeness (QED) is 0.827. The highest BCUT2D eigenvalue weighted by Gasteiger charge is 2.23. The smallest absolute Gasteiger partial charge is 0.195 e. The Labute approximate surface area is 158 Å². The molecule has 1 saturated carbocycles. The lowest BCUT2D eigenvalue weighted by Crippen LogP contribution is -2.22. The van der Waals surface area contributed by atoms with E-state index in [0.717, 1.165) is 54.7 Å². The zero-order chi connectivity index (χ0) is 17.9. The lowest BCUT2D eigenvalue weighted by atomic mass is 9.81. The van der Waals surface area contributed by atoms with Crippen LogP contribution in [-0.2, 0) is 19.4 Å². The van der Waals surface area contributed by atoms with Gasteiger partial charge in [0.05, 0.1) is 17.3 Å². The summed E-state index contributed by atoms with van der Waals surface area (Å²) in [5.41, 5.74) is 3.77. The number of nitriles is 1. The molecule has 0 amide bonds. The minimum atomic E-state index is 0.0293. The molecule has 1 fully saturated rings. The number of hydrogen-bond donors (Lipinski definition) is 1. The Morgan fingerprint density at radius 3 is 2.92 bits per heavy atom. The first kappa shape index (κ1) is 17.4. The fourth-order valence-corrected chi connectivity index (χ4v) is 5.17. The molecule has 1 aliphatic heterocycles. The average molecular weight is 366 g/mol. The minimum absolute atomic E-state index is 0.0293. The summed E-state index contributed by atoms with van der Waals surface area (Å²) in [7, 11) is 0. The molecule has 0 bridgehead atoms. The van der Waals surface area contributed by atoms with Crippen molar-refractivity contribution in [2.45, 2.75) is 57.4 Å². The first-order valence-corrected chi connectivity index (χ1v) is 10.3. The molecular weight excluding hydrogens is 342 g/mol. The van der Waals surface area contributed by atoms with Crippen molar-refractivity contribution in [3.05, 3.63) is 50.5 Å². The number of Topliss-reactive ketones (excluding diaryl/α,β-unsaturated/α-hetero) is 1. The van der Waals surface area contributed by atoms with Crippen LogP contribution in [0.5, 0.6) is 0 Å². The molecule has 0 radical (unpaired) electrons. The van der Waals surface area contributed by atoms with E-state index in [2.05, 4.69) is 22.4 Å². The van der Waals surface area contributed by atoms with Crippen LogP contribution in [-0.4, -0.2) is 17.3 Å². The summed E-state index contributed by atoms with van der Waals surface area (Å²) in [5.74, 6) is 0.494. The van der Waals surface area contributed by atoms with E-state index in [1.54, 1.807) is 0 Å². The van der Waals surface area contributed by atoms with E-state index in [0.29, 0.717) is 10.9 Å². The van der Waals surface area contributed by atoms with Crippen molar-refractivity contribution >= 4 is 17.1 Å². The van der Waals surface area contributed by atoms with E-state index in [1.807, 2.05) is 12.1 Å². The van der Waals surface area contributed by atoms with Gasteiger partial charge in [0.15, 0.2) is 10.8 Å². The second-order valence-corrected chi connectivity index (χ2v) is 8.33. The third-order valence-corrected chi connectivity index (χ3v) is 6.67. The van der Waals surface area contributed by atoms with Gasteiger partial charge in [0.1, 0.15) is 0 Å². The zero-order valence-electron chi connectivity index (χ0n) is 14.9. The Morgan fingerprint density at radius 1 is 1.31 bits per heavy atom. The summed E-state index contributed by atoms with van der Waals surface area (Å²) in [6.45, 7) is 1.73. The highest BCUT2D eigenvalue weighted by molar-refractivity contribution is 7.13. The van der Waals surface area contributed by atoms with E-state index in [4.69, 9.17) is 0 Å². The molecular formula is C21H23N3OS. The van der Waals surface area contributed by atoms with Crippen LogP contribution in [0.3, 0.4) is 0 Å². The first-order valence-electron chi connectivity index (χ1n) is 9.50. The number of thiazole rings is 1. The maximum absolute atomic E-state index is 12.8. The van der Waals surface area contributed by atoms with Crippen LogP contribution in [0.2, 0.25) is 0 Å². The molecule has 2 aliphatic rings. The minimum Gasteiger partial charge on any atom is -0.311 e. The second kappa shape index (κ2) is 7.69. The number of ketones is 1. The lowest BCUT2D eigenvalue weighted by molar-refractivity contribution is 0.0992. The number of rotatable bonds is 4. The summed E-state index contributed by atoms with van der Waals surface area (Å²) < 4.78 is 0. The van der Waals surface area contributed by atoms with E-state index >= 15 is 0 Å². The van der Waals surface area contributed by atoms with Gasteiger partial charge in [-0.3, -0.25) is 4.79 Å². The maximum Gasteiger partial charge on any atom is 0.195 e. The van der Waals surface area contributed by atoms with Crippen molar-refractivity contribution in [2.75, 3.05) is 6.54 Å². The molecule has 0 saturated heterocycles. The maximum atomic E-state index is 12.8. The fourth-order valence-electron chi connectivity index (χ4n) is 4.15. The van der Waals surface area contributed by atoms with Crippen molar-refractivity contribution < 1.29 is 4.79 Å². The zero-order valence-corrected chi connectivity index (χ0v) is 15.7. The van der Waals surface area contributed by atoms with Crippen LogP contribution in [0, 0.1) is 11.3 Å². The van der Waals surface area contributed by atoms with Crippen molar-refractivity contribution in [3.8, 4) is 6.07 Å². The standard InChI is InChI=1S/C21H23N3OS/c22-12-17-15(7-4-8-16(17)14-5-2-1-3-6-14)11-19(25)21-24-18-9-10-23-13-20(18)26-21/h4,7-8,14,23H,1-3,5-6,9-11,13H2. The highest BCUT2D eigenvalue weighted by Crippen LogP contribution is 2.35. The van der Waals surface area contributed by atoms with E-state index < -0.39 is 0 Å². The number of carbonyl (C=O) groups excluding carboxylic acids is 1. The van der Waals surface area contributed by atoms with Crippen molar-refractivity contribution in [3.63, 3.8) is 0 Å². The molecule has 0 spiro atoms. The predicted octanol–water partition coefficient (Wildman–Crippen LogP) is 4.13. The molecule has 0 atom stereocenters. The van der Waals surface area contributed by atoms with Crippen LogP contribution in [0.4, 0.5) is 0 Å². The second-order valence-electron chi connectivity index (χ2n) is 7.24. The van der Waals surface area contributed by atoms with Gasteiger partial charge in [0, 0.05) is 30.8 Å². The van der Waals surface area contributed by atoms with Crippen molar-refractivity contribution in [1.82, 2.24) is 10.3 Å². The SMILES string of the molecule is N#Cc1c(CC(=O)c2nc3c(s2)CNCC3)cccc1C1CCCCC1. The largest absolute Gasteiger partial charge is 0.311 e. The normalized spacial score (nSPS) is 17.5. The number of benzene rings is 1. The Balaban J connectivity index is 1.58. The molecule has 1 aliphatic carbocycles. The predicted molar refractivity (Wildman–Crippen MR) is 103 cm³/mol. The Kier molecular flexibility index (Phi) is 5.14. The van der Waals surface area contributed by atoms with Gasteiger partial charge in [-0.05, 0) is 29.9 Å². The molecule has 1 aromatic heterocycles. The number of fused-ring (bicyclic) bond motifs is 1. The van der Waals surface area contributed by atoms with E-state index in [1.165, 1.54) is 35.5 Å². The van der Waals surface area contributed by atoms with E-state index in [9.17, 15) is 10.1 Å². The van der Waals surface area contributed by atoms with Gasteiger partial charge in [-0.25, -0.2) is 4.98 Å². The van der Waals surface area contributed by atoms with Crippen LogP contribution in [0.1, 0.15) is 75.1 Å². The number of aromatic nitrogens is 1. The van der Waals surface area contributed by atoms with Crippen LogP contribution in [0.25, 0.3) is 0 Å². The summed E-state index contributed by atoms with van der Waals surface area (Å²) in [4.78, 5) is 18.5. The number of nitrogens with one attached hydrogen (secondary N) is 1. The molecule has 4 nitrogen and oxygen atoms in total. The molecule has 2 heterocycles. The van der Waals surface area contributed by atoms with Gasteiger partial charge in [-0.2, -0.15) is 5.26 Å². The molecule has 1 aromatic carbocycles. The molecule has 5 heteroatoms. The Bertz CT molecular complexity index is 835. The number of nitrogens with zero attached hydrogens (tertiary/aromatic N) is 2. The molecule has 0 unspecified atom stereocenters. The summed E-state index contributed by atoms with van der Waals surface area (Å²) in [6.07, 6.45) is 7.22. The van der Waals surface area contributed by atoms with E-state index in [-0.39, 0.29) is 12.2 Å². The van der Waals surface area contributed by atoms with Crippen molar-refractivity contribution in [1.29, 1.82) is 5.26 Å². The van der Waals surface area contributed by atoms with Crippen LogP contribution < -0.4 is 5.32 Å². The summed E-state index contributed by atoms with van der Waals surface area (Å²) in [6, 6.07) is 8.40. The number of hydrogen-bond acceptors (Lipinski definition) is 5. The van der Waals surface area contributed by atoms with Gasteiger partial charge < -0.3 is 5.32 Å². The third kappa shape index (κ3) is 3.44. The molecule has 26 heavy (non-hydrogen) atoms. The molecule has 4 rings (SSSR count). The lowest BCUT2D eigenvalue weighted by Gasteiger charge is -2.23. The monoisotopic (exact) mass is 365 g/mol. The number of carbonyl (C=O) groups is 1. The van der Waals surface area contributed by atoms with Crippen LogP contribution >= 0.6 is 11.3 Å². The summed E-state index contributed by atoms with van der Waals surface area (Å²) >= 11 is 1.50. The highest BCUT2D eigenvalue weighted by atomic mass is 32.1. The van der Waals surface area contributed by atoms with Gasteiger partial charge in [-0.15, -0.1) is 11.3 Å². The fraction of sp³-hybridized carbons (Fsp3) is 0.476. The van der Waals surface area contributed by atoms with Crippen LogP contribution in [0.15, 0.2) is 18.2 Å². The Morgan fingerprint density at radius 2 is 2.15 bits per heavy atom. The Hall–Kier alpha value is -2.03. The van der Waals surface area contributed by atoms with Crippen molar-refractivity contribution in [2.24, 2.45) is 0 Å². The van der Waals surface area contributed by atoms with Gasteiger partial charge >= 0.3 is 0 Å². The molecule has 2 aromatic rings. The topological polar surface area (TPSA) is 65.8 Å². The molecule has 134 valence electrons. The average Bonchev–Trinajstić information content (AvgIpc) is 3.13. The van der Waals surface area contributed by atoms with Gasteiger partial charge in [0.25, 0.3) is 0 Å².